The highest BCUT2D eigenvalue weighted by Crippen LogP contribution is 2.23. The Morgan fingerprint density at radius 3 is 2.88 bits per heavy atom. The maximum absolute atomic E-state index is 10.8. The molecule has 1 aliphatic heterocycles. The molecule has 0 bridgehead atoms. The fraction of sp³-hybridized carbons (Fsp3) is 0.600. The maximum Gasteiger partial charge on any atom is 0.320 e. The third-order valence-corrected chi connectivity index (χ3v) is 3.10. The minimum Gasteiger partial charge on any atom is -0.480 e. The van der Waals surface area contributed by atoms with Crippen LogP contribution in [-0.4, -0.2) is 55.9 Å². The lowest BCUT2D eigenvalue weighted by molar-refractivity contribution is -0.142. The topological polar surface area (TPSA) is 78.6 Å². The average molecular weight is 225 g/mol. The van der Waals surface area contributed by atoms with Crippen LogP contribution in [-0.2, 0) is 4.79 Å². The van der Waals surface area contributed by atoms with E-state index < -0.39 is 18.1 Å². The van der Waals surface area contributed by atoms with Crippen molar-refractivity contribution in [2.45, 2.75) is 25.1 Å². The Hall–Kier alpha value is -1.40. The van der Waals surface area contributed by atoms with Gasteiger partial charge in [0.15, 0.2) is 0 Å². The lowest BCUT2D eigenvalue weighted by Gasteiger charge is -2.20. The molecule has 16 heavy (non-hydrogen) atoms. The molecule has 1 aromatic rings. The van der Waals surface area contributed by atoms with E-state index in [2.05, 4.69) is 4.98 Å². The number of rotatable bonds is 3. The van der Waals surface area contributed by atoms with Crippen molar-refractivity contribution in [2.75, 3.05) is 13.1 Å². The second-order valence-corrected chi connectivity index (χ2v) is 4.11. The van der Waals surface area contributed by atoms with Gasteiger partial charge < -0.3 is 14.8 Å². The van der Waals surface area contributed by atoms with Crippen LogP contribution in [0.25, 0.3) is 0 Å². The number of carboxylic acids is 1. The van der Waals surface area contributed by atoms with Gasteiger partial charge in [0.25, 0.3) is 0 Å². The van der Waals surface area contributed by atoms with E-state index >= 15 is 0 Å². The first-order valence-corrected chi connectivity index (χ1v) is 5.22. The van der Waals surface area contributed by atoms with Crippen molar-refractivity contribution in [1.82, 2.24) is 14.5 Å². The summed E-state index contributed by atoms with van der Waals surface area (Å²) in [6, 6.07) is -0.674. The Bertz CT molecular complexity index is 365. The van der Waals surface area contributed by atoms with Gasteiger partial charge in [0, 0.05) is 25.5 Å². The van der Waals surface area contributed by atoms with E-state index in [1.54, 1.807) is 30.5 Å². The number of likely N-dealkylation sites (tertiary alicyclic amines) is 1. The van der Waals surface area contributed by atoms with Gasteiger partial charge in [-0.2, -0.15) is 0 Å². The van der Waals surface area contributed by atoms with E-state index in [0.717, 1.165) is 0 Å². The third kappa shape index (κ3) is 1.94. The number of aliphatic hydroxyl groups is 1. The molecule has 3 atom stereocenters. The summed E-state index contributed by atoms with van der Waals surface area (Å²) < 4.78 is 1.82. The highest BCUT2D eigenvalue weighted by atomic mass is 16.4. The average Bonchev–Trinajstić information content (AvgIpc) is 2.84. The number of imidazole rings is 1. The summed E-state index contributed by atoms with van der Waals surface area (Å²) in [5.41, 5.74) is 0. The number of carbonyl (C=O) groups is 1. The molecule has 1 aliphatic rings. The van der Waals surface area contributed by atoms with E-state index in [-0.39, 0.29) is 6.04 Å². The van der Waals surface area contributed by atoms with Crippen LogP contribution in [0, 0.1) is 0 Å². The Labute approximate surface area is 93.1 Å². The molecule has 0 aromatic carbocycles. The number of aliphatic carboxylic acids is 1. The lowest BCUT2D eigenvalue weighted by Crippen LogP contribution is -2.37. The Morgan fingerprint density at radius 1 is 1.56 bits per heavy atom. The molecule has 2 rings (SSSR count). The molecule has 1 aromatic heterocycles. The number of aliphatic hydroxyl groups excluding tert-OH is 1. The van der Waals surface area contributed by atoms with Crippen LogP contribution >= 0.6 is 0 Å². The van der Waals surface area contributed by atoms with E-state index in [4.69, 9.17) is 5.11 Å². The standard InChI is InChI=1S/C10H15N3O3/c1-7(10(15)16)13-4-8(9(14)5-13)12-3-2-11-6-12/h2-3,6-9,14H,4-5H2,1H3,(H,15,16)/t7-,8-,9-/m1/s1. The van der Waals surface area contributed by atoms with Gasteiger partial charge in [-0.3, -0.25) is 9.69 Å². The summed E-state index contributed by atoms with van der Waals surface area (Å²) in [5, 5.41) is 18.8. The summed E-state index contributed by atoms with van der Waals surface area (Å²) in [4.78, 5) is 16.5. The van der Waals surface area contributed by atoms with Crippen LogP contribution in [0.15, 0.2) is 18.7 Å². The van der Waals surface area contributed by atoms with Gasteiger partial charge in [-0.05, 0) is 6.92 Å². The van der Waals surface area contributed by atoms with Gasteiger partial charge in [-0.15, -0.1) is 0 Å². The quantitative estimate of drug-likeness (QED) is 0.730. The van der Waals surface area contributed by atoms with Crippen molar-refractivity contribution < 1.29 is 15.0 Å². The van der Waals surface area contributed by atoms with Gasteiger partial charge in [0.05, 0.1) is 18.5 Å². The molecule has 0 unspecified atom stereocenters. The minimum absolute atomic E-state index is 0.107. The lowest BCUT2D eigenvalue weighted by atomic mass is 10.2. The van der Waals surface area contributed by atoms with Crippen LogP contribution in [0.2, 0.25) is 0 Å². The third-order valence-electron chi connectivity index (χ3n) is 3.10. The number of nitrogens with zero attached hydrogens (tertiary/aromatic N) is 3. The van der Waals surface area contributed by atoms with E-state index in [0.29, 0.717) is 13.1 Å². The molecule has 2 N–H and O–H groups in total. The number of hydrogen-bond donors (Lipinski definition) is 2. The SMILES string of the molecule is C[C@H](C(=O)O)N1C[C@@H](O)[C@H](n2ccnc2)C1. The molecule has 0 aliphatic carbocycles. The van der Waals surface area contributed by atoms with Gasteiger partial charge in [0.2, 0.25) is 0 Å². The van der Waals surface area contributed by atoms with Crippen molar-refractivity contribution >= 4 is 5.97 Å². The van der Waals surface area contributed by atoms with Crippen LogP contribution in [0.4, 0.5) is 0 Å². The normalized spacial score (nSPS) is 28.1. The first kappa shape index (κ1) is 11.1. The second kappa shape index (κ2) is 4.23. The number of β-amino-alcohol motifs (C(OH)–C–C–N with tert-alkyl or cyclic N) is 1. The Morgan fingerprint density at radius 2 is 2.31 bits per heavy atom. The van der Waals surface area contributed by atoms with E-state index in [9.17, 15) is 9.90 Å². The van der Waals surface area contributed by atoms with Crippen LogP contribution < -0.4 is 0 Å². The smallest absolute Gasteiger partial charge is 0.320 e. The molecule has 6 nitrogen and oxygen atoms in total. The largest absolute Gasteiger partial charge is 0.480 e. The zero-order valence-corrected chi connectivity index (χ0v) is 9.02. The van der Waals surface area contributed by atoms with Crippen molar-refractivity contribution in [1.29, 1.82) is 0 Å². The molecule has 1 saturated heterocycles. The highest BCUT2D eigenvalue weighted by Gasteiger charge is 2.36. The van der Waals surface area contributed by atoms with Crippen molar-refractivity contribution in [2.24, 2.45) is 0 Å². The summed E-state index contributed by atoms with van der Waals surface area (Å²) in [5.74, 6) is -0.863. The molecule has 6 heteroatoms. The molecule has 0 radical (unpaired) electrons. The minimum atomic E-state index is -0.863. The maximum atomic E-state index is 10.8. The van der Waals surface area contributed by atoms with Crippen molar-refractivity contribution in [3.8, 4) is 0 Å². The highest BCUT2D eigenvalue weighted by molar-refractivity contribution is 5.72. The molecular formula is C10H15N3O3. The monoisotopic (exact) mass is 225 g/mol. The van der Waals surface area contributed by atoms with Gasteiger partial charge in [-0.25, -0.2) is 4.98 Å². The molecular weight excluding hydrogens is 210 g/mol. The Kier molecular flexibility index (Phi) is 2.93. The van der Waals surface area contributed by atoms with Crippen LogP contribution in [0.3, 0.4) is 0 Å². The second-order valence-electron chi connectivity index (χ2n) is 4.11. The molecule has 0 spiro atoms. The molecule has 1 fully saturated rings. The van der Waals surface area contributed by atoms with Crippen molar-refractivity contribution in [3.05, 3.63) is 18.7 Å². The molecule has 2 heterocycles. The van der Waals surface area contributed by atoms with E-state index in [1.165, 1.54) is 0 Å². The van der Waals surface area contributed by atoms with Crippen LogP contribution in [0.5, 0.6) is 0 Å². The molecule has 0 amide bonds. The summed E-state index contributed by atoms with van der Waals surface area (Å²) in [6.45, 7) is 2.55. The van der Waals surface area contributed by atoms with Gasteiger partial charge in [-0.1, -0.05) is 0 Å². The predicted octanol–water partition coefficient (Wildman–Crippen LogP) is -0.426. The number of aromatic nitrogens is 2. The number of carboxylic acid groups (broad SMARTS) is 1. The van der Waals surface area contributed by atoms with Gasteiger partial charge in [0.1, 0.15) is 6.04 Å². The van der Waals surface area contributed by atoms with Crippen LogP contribution in [0.1, 0.15) is 13.0 Å². The first-order chi connectivity index (χ1) is 7.59. The summed E-state index contributed by atoms with van der Waals surface area (Å²) in [7, 11) is 0. The molecule has 0 saturated carbocycles. The fourth-order valence-electron chi connectivity index (χ4n) is 2.03. The summed E-state index contributed by atoms with van der Waals surface area (Å²) >= 11 is 0. The Balaban J connectivity index is 2.07. The van der Waals surface area contributed by atoms with Crippen molar-refractivity contribution in [3.63, 3.8) is 0 Å². The zero-order valence-electron chi connectivity index (χ0n) is 9.02. The first-order valence-electron chi connectivity index (χ1n) is 5.22. The summed E-state index contributed by atoms with van der Waals surface area (Å²) in [6.07, 6.45) is 4.53. The predicted molar refractivity (Wildman–Crippen MR) is 55.9 cm³/mol. The zero-order chi connectivity index (χ0) is 11.7. The van der Waals surface area contributed by atoms with Gasteiger partial charge >= 0.3 is 5.97 Å². The number of hydrogen-bond acceptors (Lipinski definition) is 4. The fourth-order valence-corrected chi connectivity index (χ4v) is 2.03. The van der Waals surface area contributed by atoms with E-state index in [1.807, 2.05) is 4.57 Å². The molecule has 88 valence electrons.